The quantitative estimate of drug-likeness (QED) is 0.674. The summed E-state index contributed by atoms with van der Waals surface area (Å²) in [6.45, 7) is 6.99. The van der Waals surface area contributed by atoms with Crippen molar-refractivity contribution in [3.8, 4) is 0 Å². The van der Waals surface area contributed by atoms with Crippen molar-refractivity contribution in [1.82, 2.24) is 9.88 Å². The first-order valence-electron chi connectivity index (χ1n) is 8.76. The highest BCUT2D eigenvalue weighted by molar-refractivity contribution is 6.39. The van der Waals surface area contributed by atoms with Crippen molar-refractivity contribution >= 4 is 28.4 Å². The van der Waals surface area contributed by atoms with Gasteiger partial charge in [0.2, 0.25) is 0 Å². The van der Waals surface area contributed by atoms with E-state index in [9.17, 15) is 14.7 Å². The summed E-state index contributed by atoms with van der Waals surface area (Å²) in [4.78, 5) is 24.0. The number of aliphatic hydroxyl groups is 1. The topological polar surface area (TPSA) is 83.4 Å². The Bertz CT molecular complexity index is 737. The Balaban J connectivity index is 1.96. The minimum absolute atomic E-state index is 0.102. The molecule has 6 heteroatoms. The van der Waals surface area contributed by atoms with Gasteiger partial charge in [-0.3, -0.25) is 9.59 Å². The van der Waals surface area contributed by atoms with Gasteiger partial charge in [-0.05, 0) is 49.3 Å². The minimum Gasteiger partial charge on any atom is -0.393 e. The lowest BCUT2D eigenvalue weighted by Gasteiger charge is -2.14. The van der Waals surface area contributed by atoms with Gasteiger partial charge in [0, 0.05) is 25.0 Å². The first-order chi connectivity index (χ1) is 11.9. The number of fused-ring (bicyclic) bond motifs is 1. The van der Waals surface area contributed by atoms with E-state index in [2.05, 4.69) is 22.1 Å². The van der Waals surface area contributed by atoms with Gasteiger partial charge in [0.1, 0.15) is 0 Å². The van der Waals surface area contributed by atoms with Crippen molar-refractivity contribution in [1.29, 1.82) is 0 Å². The second-order valence-corrected chi connectivity index (χ2v) is 6.64. The molecule has 0 saturated carbocycles. The summed E-state index contributed by atoms with van der Waals surface area (Å²) in [6.07, 6.45) is 3.20. The first kappa shape index (κ1) is 19.0. The zero-order chi connectivity index (χ0) is 18.4. The van der Waals surface area contributed by atoms with Crippen LogP contribution in [0.4, 0.5) is 5.69 Å². The summed E-state index contributed by atoms with van der Waals surface area (Å²) in [5, 5.41) is 15.7. The number of hydrogen-bond acceptors (Lipinski definition) is 3. The summed E-state index contributed by atoms with van der Waals surface area (Å²) in [5.74, 6) is -1.25. The first-order valence-corrected chi connectivity index (χ1v) is 8.76. The molecule has 0 spiro atoms. The van der Waals surface area contributed by atoms with Crippen LogP contribution >= 0.6 is 0 Å². The van der Waals surface area contributed by atoms with Crippen LogP contribution < -0.4 is 10.6 Å². The molecule has 0 aliphatic carbocycles. The van der Waals surface area contributed by atoms with E-state index in [1.165, 1.54) is 0 Å². The molecular formula is C19H27N3O3. The molecule has 0 saturated heterocycles. The average Bonchev–Trinajstić information content (AvgIpc) is 2.95. The number of aryl methyl sites for hydroxylation is 1. The van der Waals surface area contributed by atoms with Gasteiger partial charge >= 0.3 is 11.8 Å². The predicted molar refractivity (Wildman–Crippen MR) is 99.3 cm³/mol. The Labute approximate surface area is 148 Å². The Morgan fingerprint density at radius 3 is 2.64 bits per heavy atom. The van der Waals surface area contributed by atoms with Crippen molar-refractivity contribution in [2.24, 2.45) is 5.92 Å². The molecule has 25 heavy (non-hydrogen) atoms. The number of nitrogens with zero attached hydrogens (tertiary/aromatic N) is 1. The van der Waals surface area contributed by atoms with Crippen LogP contribution in [-0.2, 0) is 16.1 Å². The van der Waals surface area contributed by atoms with Crippen molar-refractivity contribution in [3.63, 3.8) is 0 Å². The van der Waals surface area contributed by atoms with Crippen LogP contribution in [0.5, 0.6) is 0 Å². The van der Waals surface area contributed by atoms with E-state index in [-0.39, 0.29) is 5.92 Å². The third-order valence-electron chi connectivity index (χ3n) is 4.06. The summed E-state index contributed by atoms with van der Waals surface area (Å²) < 4.78 is 2.13. The Morgan fingerprint density at radius 1 is 1.20 bits per heavy atom. The molecule has 1 aromatic carbocycles. The average molecular weight is 345 g/mol. The SMILES string of the molecule is CCCn1ccc2ccc(NC(=O)C(=O)NCC(C)CC(C)O)cc21. The highest BCUT2D eigenvalue weighted by atomic mass is 16.3. The van der Waals surface area contributed by atoms with Crippen LogP contribution in [0.1, 0.15) is 33.6 Å². The summed E-state index contributed by atoms with van der Waals surface area (Å²) in [5.41, 5.74) is 1.63. The van der Waals surface area contributed by atoms with Crippen LogP contribution in [0.15, 0.2) is 30.5 Å². The molecule has 6 nitrogen and oxygen atoms in total. The third-order valence-corrected chi connectivity index (χ3v) is 4.06. The number of benzene rings is 1. The summed E-state index contributed by atoms with van der Waals surface area (Å²) in [7, 11) is 0. The zero-order valence-electron chi connectivity index (χ0n) is 15.1. The van der Waals surface area contributed by atoms with Crippen LogP contribution in [0.25, 0.3) is 10.9 Å². The number of amides is 2. The van der Waals surface area contributed by atoms with Crippen LogP contribution in [0.3, 0.4) is 0 Å². The number of carbonyl (C=O) groups excluding carboxylic acids is 2. The Morgan fingerprint density at radius 2 is 1.96 bits per heavy atom. The van der Waals surface area contributed by atoms with Gasteiger partial charge in [-0.25, -0.2) is 0 Å². The van der Waals surface area contributed by atoms with Gasteiger partial charge in [-0.15, -0.1) is 0 Å². The number of nitrogens with one attached hydrogen (secondary N) is 2. The van der Waals surface area contributed by atoms with E-state index in [1.807, 2.05) is 31.3 Å². The molecule has 2 rings (SSSR count). The number of hydrogen-bond donors (Lipinski definition) is 3. The van der Waals surface area contributed by atoms with E-state index in [4.69, 9.17) is 0 Å². The van der Waals surface area contributed by atoms with E-state index in [0.29, 0.717) is 18.7 Å². The molecule has 0 radical (unpaired) electrons. The molecule has 2 unspecified atom stereocenters. The van der Waals surface area contributed by atoms with Crippen molar-refractivity contribution in [2.75, 3.05) is 11.9 Å². The molecule has 1 heterocycles. The molecule has 0 bridgehead atoms. The molecular weight excluding hydrogens is 318 g/mol. The number of aliphatic hydroxyl groups excluding tert-OH is 1. The standard InChI is InChI=1S/C19H27N3O3/c1-4-8-22-9-7-15-5-6-16(11-17(15)22)21-19(25)18(24)20-12-13(2)10-14(3)23/h5-7,9,11,13-14,23H,4,8,10,12H2,1-3H3,(H,20,24)(H,21,25). The molecule has 0 fully saturated rings. The fourth-order valence-corrected chi connectivity index (χ4v) is 2.90. The highest BCUT2D eigenvalue weighted by Gasteiger charge is 2.15. The number of aromatic nitrogens is 1. The van der Waals surface area contributed by atoms with Crippen LogP contribution in [-0.4, -0.2) is 34.1 Å². The third kappa shape index (κ3) is 5.32. The van der Waals surface area contributed by atoms with Gasteiger partial charge in [-0.2, -0.15) is 0 Å². The Kier molecular flexibility index (Phi) is 6.58. The van der Waals surface area contributed by atoms with Crippen molar-refractivity contribution in [3.05, 3.63) is 30.5 Å². The lowest BCUT2D eigenvalue weighted by Crippen LogP contribution is -2.38. The molecule has 3 N–H and O–H groups in total. The smallest absolute Gasteiger partial charge is 0.313 e. The van der Waals surface area contributed by atoms with E-state index < -0.39 is 17.9 Å². The number of anilines is 1. The predicted octanol–water partition coefficient (Wildman–Crippen LogP) is 2.51. The van der Waals surface area contributed by atoms with E-state index in [0.717, 1.165) is 23.9 Å². The largest absolute Gasteiger partial charge is 0.393 e. The Hall–Kier alpha value is -2.34. The summed E-state index contributed by atoms with van der Waals surface area (Å²) in [6, 6.07) is 7.64. The van der Waals surface area contributed by atoms with Gasteiger partial charge in [0.15, 0.2) is 0 Å². The van der Waals surface area contributed by atoms with Gasteiger partial charge in [0.25, 0.3) is 0 Å². The van der Waals surface area contributed by atoms with E-state index in [1.54, 1.807) is 13.0 Å². The van der Waals surface area contributed by atoms with Gasteiger partial charge in [0.05, 0.1) is 11.6 Å². The second kappa shape index (κ2) is 8.67. The maximum atomic E-state index is 12.1. The molecule has 0 aliphatic heterocycles. The summed E-state index contributed by atoms with van der Waals surface area (Å²) >= 11 is 0. The maximum absolute atomic E-state index is 12.1. The van der Waals surface area contributed by atoms with Crippen molar-refractivity contribution in [2.45, 2.75) is 46.3 Å². The molecule has 0 aliphatic rings. The fourth-order valence-electron chi connectivity index (χ4n) is 2.90. The van der Waals surface area contributed by atoms with Crippen LogP contribution in [0.2, 0.25) is 0 Å². The van der Waals surface area contributed by atoms with Gasteiger partial charge < -0.3 is 20.3 Å². The lowest BCUT2D eigenvalue weighted by molar-refractivity contribution is -0.136. The highest BCUT2D eigenvalue weighted by Crippen LogP contribution is 2.21. The molecule has 1 aromatic heterocycles. The number of rotatable bonds is 7. The second-order valence-electron chi connectivity index (χ2n) is 6.64. The zero-order valence-corrected chi connectivity index (χ0v) is 15.1. The van der Waals surface area contributed by atoms with Crippen molar-refractivity contribution < 1.29 is 14.7 Å². The van der Waals surface area contributed by atoms with Crippen LogP contribution in [0, 0.1) is 5.92 Å². The van der Waals surface area contributed by atoms with Gasteiger partial charge in [-0.1, -0.05) is 19.9 Å². The number of carbonyl (C=O) groups is 2. The fraction of sp³-hybridized carbons (Fsp3) is 0.474. The lowest BCUT2D eigenvalue weighted by atomic mass is 10.0. The molecule has 2 atom stereocenters. The van der Waals surface area contributed by atoms with E-state index >= 15 is 0 Å². The monoisotopic (exact) mass is 345 g/mol. The molecule has 2 amide bonds. The molecule has 136 valence electrons. The maximum Gasteiger partial charge on any atom is 0.313 e. The minimum atomic E-state index is -0.683. The molecule has 2 aromatic rings. The normalized spacial score (nSPS) is 13.4.